The van der Waals surface area contributed by atoms with Crippen molar-refractivity contribution in [3.05, 3.63) is 127 Å². The summed E-state index contributed by atoms with van der Waals surface area (Å²) >= 11 is 0. The van der Waals surface area contributed by atoms with Gasteiger partial charge in [-0.2, -0.15) is 42.5 Å². The predicted molar refractivity (Wildman–Crippen MR) is 159 cm³/mol. The van der Waals surface area contributed by atoms with Crippen molar-refractivity contribution in [2.45, 2.75) is 6.92 Å². The van der Waals surface area contributed by atoms with Crippen LogP contribution in [0.3, 0.4) is 0 Å². The number of benzene rings is 5. The summed E-state index contributed by atoms with van der Waals surface area (Å²) in [6.07, 6.45) is 2.80. The summed E-state index contributed by atoms with van der Waals surface area (Å²) in [6, 6.07) is 41.9. The van der Waals surface area contributed by atoms with E-state index in [-0.39, 0.29) is 21.1 Å². The molecule has 198 valence electrons. The summed E-state index contributed by atoms with van der Waals surface area (Å²) < 4.78 is 28.5. The first-order valence-corrected chi connectivity index (χ1v) is 12.6. The van der Waals surface area contributed by atoms with Crippen molar-refractivity contribution in [2.24, 2.45) is 4.99 Å². The van der Waals surface area contributed by atoms with Gasteiger partial charge in [-0.1, -0.05) is 59.8 Å². The second-order valence-corrected chi connectivity index (χ2v) is 9.28. The van der Waals surface area contributed by atoms with Crippen LogP contribution in [0, 0.1) is 19.1 Å². The van der Waals surface area contributed by atoms with Crippen LogP contribution in [0.2, 0.25) is 0 Å². The SMILES string of the molecule is [2H]C([2H])([2H])N([C-]=Nc1cccc2c1nc1n(-c3[c-]c(-c4[c-]cccc4)ccc3)c3ccccc3n21)c1ccccc1C.[Pt]. The van der Waals surface area contributed by atoms with Crippen molar-refractivity contribution < 1.29 is 25.2 Å². The van der Waals surface area contributed by atoms with E-state index in [1.807, 2.05) is 91.9 Å². The minimum absolute atomic E-state index is 0. The minimum atomic E-state index is -2.47. The largest absolute Gasteiger partial charge is 0.441 e. The van der Waals surface area contributed by atoms with E-state index in [4.69, 9.17) is 9.10 Å². The summed E-state index contributed by atoms with van der Waals surface area (Å²) in [5.74, 6) is 0.700. The Morgan fingerprint density at radius 1 is 0.825 bits per heavy atom. The Morgan fingerprint density at radius 3 is 2.40 bits per heavy atom. The Bertz CT molecular complexity index is 2110. The third-order valence-corrected chi connectivity index (χ3v) is 6.86. The van der Waals surface area contributed by atoms with E-state index in [2.05, 4.69) is 44.6 Å². The number of para-hydroxylation sites is 4. The van der Waals surface area contributed by atoms with E-state index >= 15 is 0 Å². The molecular weight excluding hydrogens is 673 g/mol. The molecule has 2 heterocycles. The third kappa shape index (κ3) is 4.33. The zero-order valence-electron chi connectivity index (χ0n) is 24.4. The van der Waals surface area contributed by atoms with Gasteiger partial charge in [-0.3, -0.25) is 8.97 Å². The molecule has 5 nitrogen and oxygen atoms in total. The van der Waals surface area contributed by atoms with Gasteiger partial charge < -0.3 is 9.89 Å². The summed E-state index contributed by atoms with van der Waals surface area (Å²) in [6.45, 7) is -0.601. The van der Waals surface area contributed by atoms with E-state index < -0.39 is 6.98 Å². The Labute approximate surface area is 251 Å². The average Bonchev–Trinajstić information content (AvgIpc) is 3.53. The predicted octanol–water partition coefficient (Wildman–Crippen LogP) is 7.68. The maximum absolute atomic E-state index is 8.12. The van der Waals surface area contributed by atoms with Crippen LogP contribution in [0.15, 0.2) is 114 Å². The zero-order chi connectivity index (χ0) is 28.8. The number of aliphatic imine (C=N–C) groups is 1. The molecule has 40 heavy (non-hydrogen) atoms. The molecule has 6 heteroatoms. The topological polar surface area (TPSA) is 37.8 Å². The van der Waals surface area contributed by atoms with Gasteiger partial charge in [-0.15, -0.1) is 12.1 Å². The number of hydrogen-bond donors (Lipinski definition) is 0. The van der Waals surface area contributed by atoms with Gasteiger partial charge in [-0.25, -0.2) is 16.1 Å². The third-order valence-electron chi connectivity index (χ3n) is 6.86. The molecule has 0 unspecified atom stereocenters. The maximum atomic E-state index is 8.12. The fourth-order valence-corrected chi connectivity index (χ4v) is 5.01. The number of nitrogens with zero attached hydrogens (tertiary/aromatic N) is 5. The molecule has 0 radical (unpaired) electrons. The molecule has 0 aliphatic rings. The number of aryl methyl sites for hydroxylation is 1. The van der Waals surface area contributed by atoms with Gasteiger partial charge in [0.15, 0.2) is 0 Å². The van der Waals surface area contributed by atoms with Crippen LogP contribution in [0.4, 0.5) is 11.4 Å². The van der Waals surface area contributed by atoms with Crippen LogP contribution < -0.4 is 4.90 Å². The molecule has 0 fully saturated rings. The molecule has 0 aliphatic heterocycles. The van der Waals surface area contributed by atoms with E-state index in [1.54, 1.807) is 12.1 Å². The van der Waals surface area contributed by atoms with E-state index in [1.165, 1.54) is 0 Å². The van der Waals surface area contributed by atoms with Crippen LogP contribution >= 0.6 is 0 Å². The molecule has 0 saturated carbocycles. The molecular formula is C34H24N5Pt-3. The van der Waals surface area contributed by atoms with Crippen LogP contribution in [0.25, 0.3) is 44.7 Å². The Kier molecular flexibility index (Phi) is 5.92. The van der Waals surface area contributed by atoms with Crippen molar-refractivity contribution in [3.63, 3.8) is 0 Å². The summed E-state index contributed by atoms with van der Waals surface area (Å²) in [7, 11) is 0. The molecule has 7 aromatic rings. The van der Waals surface area contributed by atoms with Gasteiger partial charge in [-0.05, 0) is 43.5 Å². The molecule has 0 N–H and O–H groups in total. The number of imidazole rings is 2. The van der Waals surface area contributed by atoms with Crippen molar-refractivity contribution in [1.82, 2.24) is 14.0 Å². The number of anilines is 1. The van der Waals surface area contributed by atoms with Gasteiger partial charge in [0.2, 0.25) is 5.78 Å². The monoisotopic (exact) mass is 700 g/mol. The van der Waals surface area contributed by atoms with Crippen LogP contribution in [0.1, 0.15) is 9.68 Å². The molecule has 5 aromatic carbocycles. The molecule has 0 spiro atoms. The Hall–Kier alpha value is -4.47. The van der Waals surface area contributed by atoms with Crippen molar-refractivity contribution >= 4 is 45.6 Å². The quantitative estimate of drug-likeness (QED) is 0.0801. The Balaban J connectivity index is 0.00000329. The molecule has 0 atom stereocenters. The first kappa shape index (κ1) is 22.4. The molecule has 7 rings (SSSR count). The number of aromatic nitrogens is 3. The molecule has 0 aliphatic carbocycles. The van der Waals surface area contributed by atoms with E-state index in [9.17, 15) is 0 Å². The molecule has 2 aromatic heterocycles. The fraction of sp³-hybridized carbons (Fsp3) is 0.0588. The number of hydrogen-bond acceptors (Lipinski definition) is 2. The first-order chi connectivity index (χ1) is 20.4. The van der Waals surface area contributed by atoms with E-state index in [0.29, 0.717) is 22.7 Å². The van der Waals surface area contributed by atoms with Crippen LogP contribution in [0.5, 0.6) is 0 Å². The standard InChI is InChI=1S/C34H24N5.Pt/c1-24-12-6-7-18-29(24)37(2)23-35-28-17-11-21-32-33(28)36-34-38(30-19-8-9-20-31(30)39(32)34)27-16-10-15-26(22-27)25-13-4-3-5-14-25;/h3-13,15-21H,1-2H3;/q-3;/i2D3;. The smallest absolute Gasteiger partial charge is 0.218 e. The summed E-state index contributed by atoms with van der Waals surface area (Å²) in [4.78, 5) is 10.7. The first-order valence-electron chi connectivity index (χ1n) is 14.1. The van der Waals surface area contributed by atoms with Gasteiger partial charge in [0.25, 0.3) is 0 Å². The van der Waals surface area contributed by atoms with Gasteiger partial charge in [0.05, 0.1) is 22.1 Å². The molecule has 0 saturated heterocycles. The van der Waals surface area contributed by atoms with Crippen LogP contribution in [-0.4, -0.2) is 27.3 Å². The molecule has 0 bridgehead atoms. The van der Waals surface area contributed by atoms with Crippen molar-refractivity contribution in [3.8, 4) is 16.8 Å². The number of fused-ring (bicyclic) bond motifs is 5. The Morgan fingerprint density at radius 2 is 1.57 bits per heavy atom. The fourth-order valence-electron chi connectivity index (χ4n) is 5.01. The molecule has 0 amide bonds. The normalized spacial score (nSPS) is 12.9. The maximum Gasteiger partial charge on any atom is 0.218 e. The second-order valence-electron chi connectivity index (χ2n) is 9.28. The van der Waals surface area contributed by atoms with Gasteiger partial charge in [0.1, 0.15) is 0 Å². The van der Waals surface area contributed by atoms with Crippen molar-refractivity contribution in [2.75, 3.05) is 11.9 Å². The second kappa shape index (κ2) is 10.6. The number of rotatable bonds is 5. The van der Waals surface area contributed by atoms with E-state index in [0.717, 1.165) is 43.8 Å². The summed E-state index contributed by atoms with van der Waals surface area (Å²) in [5.41, 5.74) is 8.05. The van der Waals surface area contributed by atoms with Gasteiger partial charge in [0, 0.05) is 31.5 Å². The van der Waals surface area contributed by atoms with Crippen molar-refractivity contribution in [1.29, 1.82) is 0 Å². The average molecular weight is 701 g/mol. The van der Waals surface area contributed by atoms with Crippen LogP contribution in [-0.2, 0) is 21.1 Å². The minimum Gasteiger partial charge on any atom is -0.441 e. The zero-order valence-corrected chi connectivity index (χ0v) is 23.7. The summed E-state index contributed by atoms with van der Waals surface area (Å²) in [5, 5.41) is 0. The van der Waals surface area contributed by atoms with Gasteiger partial charge >= 0.3 is 0 Å².